The Labute approximate surface area is 113 Å². The Morgan fingerprint density at radius 3 is 3.00 bits per heavy atom. The molecule has 0 bridgehead atoms. The number of nitrogens with zero attached hydrogens (tertiary/aromatic N) is 4. The molecule has 0 spiro atoms. The smallest absolute Gasteiger partial charge is 0.178 e. The van der Waals surface area contributed by atoms with Crippen molar-refractivity contribution in [2.45, 2.75) is 6.54 Å². The number of hydrogen-bond donors (Lipinski definition) is 1. The standard InChI is InChI=1S/C11H10ClN5S/c1-16-6-13-15-9(16)5-17-10-7(12)3-2-4-8(10)14-11(17)18/h2-4,6H,5H2,1H3,(H,14,18). The van der Waals surface area contributed by atoms with Crippen LogP contribution in [0, 0.1) is 4.77 Å². The molecule has 0 unspecified atom stereocenters. The maximum absolute atomic E-state index is 6.23. The molecule has 1 N–H and O–H groups in total. The highest BCUT2D eigenvalue weighted by Gasteiger charge is 2.10. The van der Waals surface area contributed by atoms with Gasteiger partial charge in [-0.1, -0.05) is 17.7 Å². The van der Waals surface area contributed by atoms with E-state index in [1.807, 2.05) is 34.4 Å². The molecule has 2 aromatic heterocycles. The van der Waals surface area contributed by atoms with E-state index < -0.39 is 0 Å². The summed E-state index contributed by atoms with van der Waals surface area (Å²) in [5, 5.41) is 8.58. The number of nitrogens with one attached hydrogen (secondary N) is 1. The van der Waals surface area contributed by atoms with Crippen molar-refractivity contribution in [2.24, 2.45) is 7.05 Å². The molecule has 3 aromatic rings. The maximum atomic E-state index is 6.23. The van der Waals surface area contributed by atoms with Crippen LogP contribution in [0.2, 0.25) is 5.02 Å². The molecule has 0 atom stereocenters. The van der Waals surface area contributed by atoms with Crippen molar-refractivity contribution in [2.75, 3.05) is 0 Å². The number of H-pyrrole nitrogens is 1. The maximum Gasteiger partial charge on any atom is 0.178 e. The number of benzene rings is 1. The topological polar surface area (TPSA) is 51.4 Å². The molecular weight excluding hydrogens is 270 g/mol. The summed E-state index contributed by atoms with van der Waals surface area (Å²) in [5.74, 6) is 0.826. The summed E-state index contributed by atoms with van der Waals surface area (Å²) in [7, 11) is 1.90. The average molecular weight is 280 g/mol. The fourth-order valence-corrected chi connectivity index (χ4v) is 2.46. The number of imidazole rings is 1. The molecule has 3 rings (SSSR count). The second kappa shape index (κ2) is 4.22. The van der Waals surface area contributed by atoms with Crippen LogP contribution in [0.25, 0.3) is 11.0 Å². The third-order valence-corrected chi connectivity index (χ3v) is 3.48. The Morgan fingerprint density at radius 2 is 2.28 bits per heavy atom. The Balaban J connectivity index is 2.20. The van der Waals surface area contributed by atoms with Gasteiger partial charge in [-0.2, -0.15) is 0 Å². The van der Waals surface area contributed by atoms with Crippen LogP contribution in [0.5, 0.6) is 0 Å². The fraction of sp³-hybridized carbons (Fsp3) is 0.182. The van der Waals surface area contributed by atoms with E-state index in [1.54, 1.807) is 6.33 Å². The van der Waals surface area contributed by atoms with Gasteiger partial charge in [0.05, 0.1) is 22.6 Å². The summed E-state index contributed by atoms with van der Waals surface area (Å²) in [6.45, 7) is 0.541. The van der Waals surface area contributed by atoms with Crippen LogP contribution in [0.1, 0.15) is 5.82 Å². The van der Waals surface area contributed by atoms with E-state index >= 15 is 0 Å². The molecule has 0 aliphatic rings. The monoisotopic (exact) mass is 279 g/mol. The molecule has 0 amide bonds. The molecule has 18 heavy (non-hydrogen) atoms. The second-order valence-corrected chi connectivity index (χ2v) is 4.80. The van der Waals surface area contributed by atoms with Gasteiger partial charge in [0.2, 0.25) is 0 Å². The second-order valence-electron chi connectivity index (χ2n) is 4.01. The van der Waals surface area contributed by atoms with Crippen molar-refractivity contribution < 1.29 is 0 Å². The van der Waals surface area contributed by atoms with E-state index in [9.17, 15) is 0 Å². The number of para-hydroxylation sites is 1. The molecule has 2 heterocycles. The lowest BCUT2D eigenvalue weighted by Gasteiger charge is -2.04. The van der Waals surface area contributed by atoms with Crippen molar-refractivity contribution in [3.63, 3.8) is 0 Å². The minimum absolute atomic E-state index is 0.541. The Bertz CT molecular complexity index is 769. The average Bonchev–Trinajstić information content (AvgIpc) is 2.86. The SMILES string of the molecule is Cn1cnnc1Cn1c(=S)[nH]c2cccc(Cl)c21. The van der Waals surface area contributed by atoms with Gasteiger partial charge >= 0.3 is 0 Å². The van der Waals surface area contributed by atoms with Crippen LogP contribution in [-0.4, -0.2) is 24.3 Å². The molecule has 0 aliphatic carbocycles. The lowest BCUT2D eigenvalue weighted by Crippen LogP contribution is -2.06. The van der Waals surface area contributed by atoms with Crippen molar-refractivity contribution in [3.05, 3.63) is 40.1 Å². The first kappa shape index (κ1) is 11.4. The third-order valence-electron chi connectivity index (χ3n) is 2.85. The molecule has 1 aromatic carbocycles. The lowest BCUT2D eigenvalue weighted by molar-refractivity contribution is 0.705. The zero-order valence-electron chi connectivity index (χ0n) is 9.59. The minimum Gasteiger partial charge on any atom is -0.331 e. The first-order chi connectivity index (χ1) is 8.66. The quantitative estimate of drug-likeness (QED) is 0.734. The molecule has 0 saturated carbocycles. The van der Waals surface area contributed by atoms with Crippen molar-refractivity contribution in [1.82, 2.24) is 24.3 Å². The summed E-state index contributed by atoms with van der Waals surface area (Å²) < 4.78 is 4.41. The minimum atomic E-state index is 0.541. The van der Waals surface area contributed by atoms with Crippen molar-refractivity contribution in [1.29, 1.82) is 0 Å². The molecular formula is C11H10ClN5S. The summed E-state index contributed by atoms with van der Waals surface area (Å²) in [6, 6.07) is 5.69. The molecule has 0 aliphatic heterocycles. The van der Waals surface area contributed by atoms with Crippen LogP contribution in [0.4, 0.5) is 0 Å². The summed E-state index contributed by atoms with van der Waals surface area (Å²) in [4.78, 5) is 3.14. The van der Waals surface area contributed by atoms with E-state index in [0.717, 1.165) is 16.9 Å². The highest BCUT2D eigenvalue weighted by Crippen LogP contribution is 2.23. The van der Waals surface area contributed by atoms with Gasteiger partial charge in [-0.15, -0.1) is 10.2 Å². The molecule has 0 radical (unpaired) electrons. The van der Waals surface area contributed by atoms with Gasteiger partial charge in [0, 0.05) is 7.05 Å². The number of hydrogen-bond acceptors (Lipinski definition) is 3. The van der Waals surface area contributed by atoms with Gasteiger partial charge in [0.25, 0.3) is 0 Å². The van der Waals surface area contributed by atoms with E-state index in [2.05, 4.69) is 15.2 Å². The largest absolute Gasteiger partial charge is 0.331 e. The van der Waals surface area contributed by atoms with Crippen molar-refractivity contribution in [3.8, 4) is 0 Å². The Kier molecular flexibility index (Phi) is 2.68. The summed E-state index contributed by atoms with van der Waals surface area (Å²) in [5.41, 5.74) is 1.82. The predicted molar refractivity (Wildman–Crippen MR) is 72.2 cm³/mol. The first-order valence-electron chi connectivity index (χ1n) is 5.36. The van der Waals surface area contributed by atoms with Crippen molar-refractivity contribution >= 4 is 34.9 Å². The highest BCUT2D eigenvalue weighted by atomic mass is 35.5. The van der Waals surface area contributed by atoms with Crippen LogP contribution < -0.4 is 0 Å². The molecule has 0 saturated heterocycles. The van der Waals surface area contributed by atoms with E-state index in [0.29, 0.717) is 16.3 Å². The number of fused-ring (bicyclic) bond motifs is 1. The van der Waals surface area contributed by atoms with E-state index in [-0.39, 0.29) is 0 Å². The fourth-order valence-electron chi connectivity index (χ4n) is 1.92. The van der Waals surface area contributed by atoms with Crippen LogP contribution in [0.3, 0.4) is 0 Å². The van der Waals surface area contributed by atoms with Gasteiger partial charge in [0.1, 0.15) is 6.33 Å². The molecule has 7 heteroatoms. The molecule has 0 fully saturated rings. The molecule has 92 valence electrons. The number of aromatic nitrogens is 5. The summed E-state index contributed by atoms with van der Waals surface area (Å²) in [6.07, 6.45) is 1.66. The first-order valence-corrected chi connectivity index (χ1v) is 6.15. The third kappa shape index (κ3) is 1.74. The Morgan fingerprint density at radius 1 is 1.44 bits per heavy atom. The number of aryl methyl sites for hydroxylation is 1. The zero-order chi connectivity index (χ0) is 12.7. The van der Waals surface area contributed by atoms with E-state index in [4.69, 9.17) is 23.8 Å². The van der Waals surface area contributed by atoms with E-state index in [1.165, 1.54) is 0 Å². The zero-order valence-corrected chi connectivity index (χ0v) is 11.2. The lowest BCUT2D eigenvalue weighted by atomic mass is 10.3. The van der Waals surface area contributed by atoms with Gasteiger partial charge in [-0.3, -0.25) is 0 Å². The van der Waals surface area contributed by atoms with Crippen LogP contribution >= 0.6 is 23.8 Å². The van der Waals surface area contributed by atoms with Gasteiger partial charge < -0.3 is 14.1 Å². The van der Waals surface area contributed by atoms with Crippen LogP contribution in [-0.2, 0) is 13.6 Å². The van der Waals surface area contributed by atoms with Crippen LogP contribution in [0.15, 0.2) is 24.5 Å². The normalized spacial score (nSPS) is 11.2. The Hall–Kier alpha value is -1.66. The number of rotatable bonds is 2. The van der Waals surface area contributed by atoms with Gasteiger partial charge in [-0.05, 0) is 24.4 Å². The molecule has 5 nitrogen and oxygen atoms in total. The highest BCUT2D eigenvalue weighted by molar-refractivity contribution is 7.71. The predicted octanol–water partition coefficient (Wildman–Crippen LogP) is 2.53. The number of aromatic amines is 1. The number of halogens is 1. The van der Waals surface area contributed by atoms with Gasteiger partial charge in [0.15, 0.2) is 10.6 Å². The van der Waals surface area contributed by atoms with Gasteiger partial charge in [-0.25, -0.2) is 0 Å². The summed E-state index contributed by atoms with van der Waals surface area (Å²) >= 11 is 11.5.